The first kappa shape index (κ1) is 19.6. The van der Waals surface area contributed by atoms with Gasteiger partial charge in [-0.3, -0.25) is 9.88 Å². The number of aromatic nitrogens is 5. The number of aryl methyl sites for hydroxylation is 2. The van der Waals surface area contributed by atoms with Crippen molar-refractivity contribution in [1.82, 2.24) is 30.0 Å². The van der Waals surface area contributed by atoms with Crippen LogP contribution in [-0.2, 0) is 11.3 Å². The van der Waals surface area contributed by atoms with E-state index in [2.05, 4.69) is 33.9 Å². The Morgan fingerprint density at radius 2 is 2.03 bits per heavy atom. The van der Waals surface area contributed by atoms with E-state index in [0.717, 1.165) is 52.9 Å². The smallest absolute Gasteiger partial charge is 0.283 e. The average Bonchev–Trinajstić information content (AvgIpc) is 3.34. The van der Waals surface area contributed by atoms with E-state index in [4.69, 9.17) is 19.1 Å². The van der Waals surface area contributed by atoms with Crippen LogP contribution in [-0.4, -0.2) is 56.4 Å². The lowest BCUT2D eigenvalue weighted by Gasteiger charge is -2.25. The van der Waals surface area contributed by atoms with Gasteiger partial charge in [-0.05, 0) is 43.3 Å². The van der Waals surface area contributed by atoms with Crippen molar-refractivity contribution in [3.63, 3.8) is 0 Å². The first-order chi connectivity index (χ1) is 14.7. The minimum Gasteiger partial charge on any atom is -0.411 e. The highest BCUT2D eigenvalue weighted by Crippen LogP contribution is 2.38. The Labute approximate surface area is 181 Å². The zero-order valence-corrected chi connectivity index (χ0v) is 18.3. The van der Waals surface area contributed by atoms with Gasteiger partial charge < -0.3 is 9.15 Å². The van der Waals surface area contributed by atoms with Crippen molar-refractivity contribution in [1.29, 1.82) is 0 Å². The molecule has 0 atom stereocenters. The molecule has 5 heterocycles. The Morgan fingerprint density at radius 3 is 2.83 bits per heavy atom. The molecule has 8 nitrogen and oxygen atoms in total. The third kappa shape index (κ3) is 3.95. The van der Waals surface area contributed by atoms with E-state index >= 15 is 0 Å². The molecule has 1 saturated heterocycles. The first-order valence-electron chi connectivity index (χ1n) is 9.66. The number of nitrogens with zero attached hydrogens (tertiary/aromatic N) is 6. The quantitative estimate of drug-likeness (QED) is 0.430. The van der Waals surface area contributed by atoms with E-state index in [0.29, 0.717) is 17.7 Å². The van der Waals surface area contributed by atoms with Crippen LogP contribution in [0.3, 0.4) is 0 Å². The first-order valence-corrected chi connectivity index (χ1v) is 11.3. The minimum absolute atomic E-state index is 0.447. The second kappa shape index (κ2) is 8.38. The topological polar surface area (TPSA) is 90.1 Å². The van der Waals surface area contributed by atoms with Gasteiger partial charge in [0.2, 0.25) is 5.89 Å². The van der Waals surface area contributed by atoms with E-state index in [1.807, 2.05) is 12.1 Å². The van der Waals surface area contributed by atoms with Gasteiger partial charge in [0.1, 0.15) is 15.7 Å². The number of hydrogen-bond acceptors (Lipinski definition) is 10. The van der Waals surface area contributed by atoms with Gasteiger partial charge in [-0.15, -0.1) is 21.5 Å². The molecule has 5 rings (SSSR count). The van der Waals surface area contributed by atoms with E-state index < -0.39 is 0 Å². The standard InChI is InChI=1S/C20H20N6O2S2/c1-12-13(2)29-18-16(12)19(23-15(22-18)11-26-6-8-27-9-7-26)30-20-25-24-17(28-20)14-4-3-5-21-10-14/h3-5,10H,6-9,11H2,1-2H3. The molecule has 0 radical (unpaired) electrons. The van der Waals surface area contributed by atoms with Crippen LogP contribution in [0.25, 0.3) is 21.7 Å². The van der Waals surface area contributed by atoms with Crippen molar-refractivity contribution in [3.05, 3.63) is 40.8 Å². The van der Waals surface area contributed by atoms with Gasteiger partial charge in [0.05, 0.1) is 25.3 Å². The number of pyridine rings is 1. The lowest BCUT2D eigenvalue weighted by molar-refractivity contribution is 0.0330. The van der Waals surface area contributed by atoms with E-state index in [1.54, 1.807) is 23.7 Å². The molecule has 0 aliphatic carbocycles. The number of morpholine rings is 1. The molecule has 154 valence electrons. The van der Waals surface area contributed by atoms with Crippen LogP contribution in [0.4, 0.5) is 0 Å². The van der Waals surface area contributed by atoms with Crippen LogP contribution in [0.1, 0.15) is 16.3 Å². The fraction of sp³-hybridized carbons (Fsp3) is 0.350. The highest BCUT2D eigenvalue weighted by molar-refractivity contribution is 7.99. The highest BCUT2D eigenvalue weighted by atomic mass is 32.2. The van der Waals surface area contributed by atoms with Crippen molar-refractivity contribution in [3.8, 4) is 11.5 Å². The van der Waals surface area contributed by atoms with Gasteiger partial charge in [0.25, 0.3) is 5.22 Å². The molecular formula is C20H20N6O2S2. The molecule has 4 aromatic rings. The lowest BCUT2D eigenvalue weighted by atomic mass is 10.2. The summed E-state index contributed by atoms with van der Waals surface area (Å²) in [5.74, 6) is 1.25. The Balaban J connectivity index is 1.48. The molecule has 0 aromatic carbocycles. The summed E-state index contributed by atoms with van der Waals surface area (Å²) in [6.45, 7) is 8.21. The van der Waals surface area contributed by atoms with Crippen LogP contribution in [0.5, 0.6) is 0 Å². The Bertz CT molecular complexity index is 1170. The molecule has 1 aliphatic heterocycles. The lowest BCUT2D eigenvalue weighted by Crippen LogP contribution is -2.36. The summed E-state index contributed by atoms with van der Waals surface area (Å²) < 4.78 is 11.3. The fourth-order valence-electron chi connectivity index (χ4n) is 3.30. The fourth-order valence-corrected chi connectivity index (χ4v) is 5.28. The number of ether oxygens (including phenoxy) is 1. The van der Waals surface area contributed by atoms with Crippen LogP contribution in [0.15, 0.2) is 39.2 Å². The van der Waals surface area contributed by atoms with Gasteiger partial charge in [-0.25, -0.2) is 9.97 Å². The van der Waals surface area contributed by atoms with Crippen LogP contribution < -0.4 is 0 Å². The normalized spacial score (nSPS) is 15.1. The van der Waals surface area contributed by atoms with Gasteiger partial charge in [-0.2, -0.15) is 0 Å². The molecule has 0 unspecified atom stereocenters. The molecular weight excluding hydrogens is 420 g/mol. The SMILES string of the molecule is Cc1sc2nc(CN3CCOCC3)nc(Sc3nnc(-c4cccnc4)o3)c2c1C. The van der Waals surface area contributed by atoms with E-state index in [1.165, 1.54) is 22.2 Å². The minimum atomic E-state index is 0.447. The van der Waals surface area contributed by atoms with Crippen LogP contribution in [0.2, 0.25) is 0 Å². The molecule has 0 amide bonds. The van der Waals surface area contributed by atoms with Crippen molar-refractivity contribution < 1.29 is 9.15 Å². The summed E-state index contributed by atoms with van der Waals surface area (Å²) in [5, 5.41) is 10.7. The number of hydrogen-bond donors (Lipinski definition) is 0. The third-order valence-electron chi connectivity index (χ3n) is 5.01. The largest absolute Gasteiger partial charge is 0.411 e. The van der Waals surface area contributed by atoms with Gasteiger partial charge in [-0.1, -0.05) is 0 Å². The Morgan fingerprint density at radius 1 is 1.17 bits per heavy atom. The van der Waals surface area contributed by atoms with Gasteiger partial charge in [0.15, 0.2) is 0 Å². The Hall–Kier alpha value is -2.40. The maximum absolute atomic E-state index is 5.88. The summed E-state index contributed by atoms with van der Waals surface area (Å²) in [5.41, 5.74) is 1.99. The summed E-state index contributed by atoms with van der Waals surface area (Å²) >= 11 is 3.09. The predicted octanol–water partition coefficient (Wildman–Crippen LogP) is 3.74. The monoisotopic (exact) mass is 440 g/mol. The van der Waals surface area contributed by atoms with Crippen molar-refractivity contribution in [2.45, 2.75) is 30.6 Å². The Kier molecular flexibility index (Phi) is 5.47. The molecule has 0 N–H and O–H groups in total. The van der Waals surface area contributed by atoms with Gasteiger partial charge in [0, 0.05) is 35.7 Å². The predicted molar refractivity (Wildman–Crippen MR) is 115 cm³/mol. The molecule has 4 aromatic heterocycles. The summed E-state index contributed by atoms with van der Waals surface area (Å²) in [4.78, 5) is 18.4. The van der Waals surface area contributed by atoms with Crippen LogP contribution in [0, 0.1) is 13.8 Å². The highest BCUT2D eigenvalue weighted by Gasteiger charge is 2.20. The molecule has 30 heavy (non-hydrogen) atoms. The molecule has 0 saturated carbocycles. The van der Waals surface area contributed by atoms with Crippen molar-refractivity contribution in [2.75, 3.05) is 26.3 Å². The molecule has 10 heteroatoms. The van der Waals surface area contributed by atoms with Gasteiger partial charge >= 0.3 is 0 Å². The summed E-state index contributed by atoms with van der Waals surface area (Å²) in [6.07, 6.45) is 3.42. The number of rotatable bonds is 5. The van der Waals surface area contributed by atoms with E-state index in [-0.39, 0.29) is 0 Å². The molecule has 1 aliphatic rings. The van der Waals surface area contributed by atoms with Crippen molar-refractivity contribution in [2.24, 2.45) is 0 Å². The van der Waals surface area contributed by atoms with Crippen LogP contribution >= 0.6 is 23.1 Å². The molecule has 0 spiro atoms. The second-order valence-electron chi connectivity index (χ2n) is 7.01. The number of thiophene rings is 1. The zero-order chi connectivity index (χ0) is 20.5. The average molecular weight is 441 g/mol. The molecule has 0 bridgehead atoms. The third-order valence-corrected chi connectivity index (χ3v) is 6.94. The maximum atomic E-state index is 5.88. The molecule has 1 fully saturated rings. The second-order valence-corrected chi connectivity index (χ2v) is 9.16. The zero-order valence-electron chi connectivity index (χ0n) is 16.7. The summed E-state index contributed by atoms with van der Waals surface area (Å²) in [6, 6.07) is 3.74. The summed E-state index contributed by atoms with van der Waals surface area (Å²) in [7, 11) is 0. The van der Waals surface area contributed by atoms with E-state index in [9.17, 15) is 0 Å². The maximum Gasteiger partial charge on any atom is 0.283 e. The number of fused-ring (bicyclic) bond motifs is 1. The van der Waals surface area contributed by atoms with Crippen molar-refractivity contribution >= 4 is 33.3 Å².